The maximum atomic E-state index is 12.0. The van der Waals surface area contributed by atoms with E-state index in [4.69, 9.17) is 0 Å². The zero-order valence-corrected chi connectivity index (χ0v) is 13.2. The lowest BCUT2D eigenvalue weighted by atomic mass is 10.0. The third kappa shape index (κ3) is 4.74. The molecule has 1 aliphatic carbocycles. The van der Waals surface area contributed by atoms with E-state index in [-0.39, 0.29) is 12.1 Å². The molecule has 1 fully saturated rings. The molecule has 1 unspecified atom stereocenters. The number of urea groups is 1. The minimum atomic E-state index is -0.375. The minimum Gasteiger partial charge on any atom is -0.391 e. The zero-order chi connectivity index (χ0) is 15.4. The van der Waals surface area contributed by atoms with Gasteiger partial charge in [-0.2, -0.15) is 0 Å². The fraction of sp³-hybridized carbons (Fsp3) is 0.588. The fourth-order valence-electron chi connectivity index (χ4n) is 2.56. The van der Waals surface area contributed by atoms with Gasteiger partial charge in [0.1, 0.15) is 0 Å². The second-order valence-electron chi connectivity index (χ2n) is 6.20. The van der Waals surface area contributed by atoms with Crippen LogP contribution in [0, 0.1) is 19.8 Å². The Morgan fingerprint density at radius 3 is 2.76 bits per heavy atom. The average molecular weight is 290 g/mol. The molecule has 2 amide bonds. The molecule has 0 saturated heterocycles. The Labute approximate surface area is 127 Å². The van der Waals surface area contributed by atoms with Crippen molar-refractivity contribution in [3.8, 4) is 0 Å². The molecule has 0 spiro atoms. The van der Waals surface area contributed by atoms with E-state index in [0.29, 0.717) is 19.0 Å². The molecule has 4 nitrogen and oxygen atoms in total. The van der Waals surface area contributed by atoms with Gasteiger partial charge in [0.05, 0.1) is 6.10 Å². The number of amides is 2. The molecule has 116 valence electrons. The predicted octanol–water partition coefficient (Wildman–Crippen LogP) is 2.26. The molecule has 2 N–H and O–H groups in total. The molecule has 1 aliphatic rings. The van der Waals surface area contributed by atoms with Crippen LogP contribution >= 0.6 is 0 Å². The summed E-state index contributed by atoms with van der Waals surface area (Å²) in [6, 6.07) is 6.27. The molecule has 1 aromatic rings. The van der Waals surface area contributed by atoms with Gasteiger partial charge >= 0.3 is 6.03 Å². The first-order valence-electron chi connectivity index (χ1n) is 7.70. The summed E-state index contributed by atoms with van der Waals surface area (Å²) in [5.74, 6) is 0.399. The second kappa shape index (κ2) is 6.94. The highest BCUT2D eigenvalue weighted by atomic mass is 16.3. The summed E-state index contributed by atoms with van der Waals surface area (Å²) in [6.45, 7) is 5.22. The summed E-state index contributed by atoms with van der Waals surface area (Å²) in [6.07, 6.45) is 2.63. The summed E-state index contributed by atoms with van der Waals surface area (Å²) in [7, 11) is 1.73. The van der Waals surface area contributed by atoms with Crippen molar-refractivity contribution in [3.63, 3.8) is 0 Å². The Morgan fingerprint density at radius 1 is 1.43 bits per heavy atom. The monoisotopic (exact) mass is 290 g/mol. The number of rotatable bonds is 6. The average Bonchev–Trinajstić information content (AvgIpc) is 3.25. The highest BCUT2D eigenvalue weighted by Crippen LogP contribution is 2.32. The quantitative estimate of drug-likeness (QED) is 0.844. The van der Waals surface area contributed by atoms with Crippen molar-refractivity contribution in [2.24, 2.45) is 5.92 Å². The molecular weight excluding hydrogens is 264 g/mol. The number of aliphatic hydroxyl groups is 1. The van der Waals surface area contributed by atoms with E-state index in [1.807, 2.05) is 0 Å². The maximum absolute atomic E-state index is 12.0. The number of nitrogens with zero attached hydrogens (tertiary/aromatic N) is 1. The van der Waals surface area contributed by atoms with Crippen LogP contribution < -0.4 is 5.32 Å². The van der Waals surface area contributed by atoms with Crippen molar-refractivity contribution in [2.75, 3.05) is 20.1 Å². The summed E-state index contributed by atoms with van der Waals surface area (Å²) >= 11 is 0. The number of aryl methyl sites for hydroxylation is 2. The third-order valence-electron chi connectivity index (χ3n) is 4.14. The smallest absolute Gasteiger partial charge is 0.317 e. The first kappa shape index (κ1) is 15.8. The van der Waals surface area contributed by atoms with Crippen LogP contribution in [0.25, 0.3) is 0 Å². The van der Waals surface area contributed by atoms with Crippen LogP contribution in [0.4, 0.5) is 4.79 Å². The lowest BCUT2D eigenvalue weighted by Crippen LogP contribution is -2.42. The highest BCUT2D eigenvalue weighted by Gasteiger charge is 2.31. The van der Waals surface area contributed by atoms with Crippen LogP contribution in [0.2, 0.25) is 0 Å². The van der Waals surface area contributed by atoms with Crippen LogP contribution in [0.3, 0.4) is 0 Å². The van der Waals surface area contributed by atoms with Crippen molar-refractivity contribution < 1.29 is 9.90 Å². The molecular formula is C17H26N2O2. The molecule has 0 radical (unpaired) electrons. The Morgan fingerprint density at radius 2 is 2.14 bits per heavy atom. The van der Waals surface area contributed by atoms with E-state index in [2.05, 4.69) is 37.4 Å². The number of carbonyl (C=O) groups is 1. The molecule has 0 heterocycles. The predicted molar refractivity (Wildman–Crippen MR) is 84.4 cm³/mol. The molecule has 1 atom stereocenters. The van der Waals surface area contributed by atoms with Crippen LogP contribution in [-0.4, -0.2) is 42.3 Å². The zero-order valence-electron chi connectivity index (χ0n) is 13.2. The number of hydrogen-bond donors (Lipinski definition) is 2. The van der Waals surface area contributed by atoms with E-state index in [9.17, 15) is 9.90 Å². The summed E-state index contributed by atoms with van der Waals surface area (Å²) in [5, 5.41) is 12.8. The van der Waals surface area contributed by atoms with Crippen molar-refractivity contribution in [1.29, 1.82) is 0 Å². The van der Waals surface area contributed by atoms with Gasteiger partial charge in [0.25, 0.3) is 0 Å². The van der Waals surface area contributed by atoms with Crippen LogP contribution in [0.15, 0.2) is 18.2 Å². The molecule has 2 rings (SSSR count). The lowest BCUT2D eigenvalue weighted by molar-refractivity contribution is 0.113. The topological polar surface area (TPSA) is 52.6 Å². The maximum Gasteiger partial charge on any atom is 0.317 e. The molecule has 0 aromatic heterocycles. The van der Waals surface area contributed by atoms with E-state index < -0.39 is 0 Å². The van der Waals surface area contributed by atoms with Gasteiger partial charge in [0.15, 0.2) is 0 Å². The lowest BCUT2D eigenvalue weighted by Gasteiger charge is -2.21. The van der Waals surface area contributed by atoms with Crippen molar-refractivity contribution in [3.05, 3.63) is 34.9 Å². The number of likely N-dealkylation sites (N-methyl/N-ethyl adjacent to an activating group) is 1. The van der Waals surface area contributed by atoms with Crippen molar-refractivity contribution in [1.82, 2.24) is 10.2 Å². The normalized spacial score (nSPS) is 15.6. The van der Waals surface area contributed by atoms with E-state index in [1.54, 1.807) is 11.9 Å². The van der Waals surface area contributed by atoms with Gasteiger partial charge in [-0.1, -0.05) is 23.8 Å². The van der Waals surface area contributed by atoms with Gasteiger partial charge in [-0.05, 0) is 50.2 Å². The van der Waals surface area contributed by atoms with Gasteiger partial charge in [-0.15, -0.1) is 0 Å². The van der Waals surface area contributed by atoms with Crippen LogP contribution in [0.1, 0.15) is 29.5 Å². The number of hydrogen-bond acceptors (Lipinski definition) is 2. The van der Waals surface area contributed by atoms with Gasteiger partial charge in [0.2, 0.25) is 0 Å². The minimum absolute atomic E-state index is 0.112. The molecule has 1 aromatic carbocycles. The molecule has 0 bridgehead atoms. The van der Waals surface area contributed by atoms with E-state index in [0.717, 1.165) is 19.3 Å². The standard InChI is InChI=1S/C17H26N2O2/c1-12-4-5-14(13(2)10-12)8-9-18-17(21)19(3)11-16(20)15-6-7-15/h4-5,10,15-16,20H,6-9,11H2,1-3H3,(H,18,21). The third-order valence-corrected chi connectivity index (χ3v) is 4.14. The SMILES string of the molecule is Cc1ccc(CCNC(=O)N(C)CC(O)C2CC2)c(C)c1. The van der Waals surface area contributed by atoms with Crippen molar-refractivity contribution >= 4 is 6.03 Å². The number of aliphatic hydroxyl groups excluding tert-OH is 1. The Bertz CT molecular complexity index is 498. The number of nitrogens with one attached hydrogen (secondary N) is 1. The highest BCUT2D eigenvalue weighted by molar-refractivity contribution is 5.73. The molecule has 21 heavy (non-hydrogen) atoms. The van der Waals surface area contributed by atoms with Gasteiger partial charge in [-0.25, -0.2) is 4.79 Å². The van der Waals surface area contributed by atoms with Crippen LogP contribution in [-0.2, 0) is 6.42 Å². The number of carbonyl (C=O) groups excluding carboxylic acids is 1. The molecule has 0 aliphatic heterocycles. The second-order valence-corrected chi connectivity index (χ2v) is 6.20. The Kier molecular flexibility index (Phi) is 5.23. The van der Waals surface area contributed by atoms with Crippen LogP contribution in [0.5, 0.6) is 0 Å². The summed E-state index contributed by atoms with van der Waals surface area (Å²) in [5.41, 5.74) is 3.79. The largest absolute Gasteiger partial charge is 0.391 e. The van der Waals surface area contributed by atoms with E-state index in [1.165, 1.54) is 16.7 Å². The summed E-state index contributed by atoms with van der Waals surface area (Å²) < 4.78 is 0. The van der Waals surface area contributed by atoms with Gasteiger partial charge < -0.3 is 15.3 Å². The van der Waals surface area contributed by atoms with Crippen molar-refractivity contribution in [2.45, 2.75) is 39.2 Å². The molecule has 1 saturated carbocycles. The van der Waals surface area contributed by atoms with Gasteiger partial charge in [0, 0.05) is 20.1 Å². The number of benzene rings is 1. The summed E-state index contributed by atoms with van der Waals surface area (Å²) in [4.78, 5) is 13.5. The van der Waals surface area contributed by atoms with E-state index >= 15 is 0 Å². The fourth-order valence-corrected chi connectivity index (χ4v) is 2.56. The van der Waals surface area contributed by atoms with Gasteiger partial charge in [-0.3, -0.25) is 0 Å². The Hall–Kier alpha value is -1.55. The Balaban J connectivity index is 1.72. The molecule has 4 heteroatoms. The first-order chi connectivity index (χ1) is 9.97. The first-order valence-corrected chi connectivity index (χ1v) is 7.70.